The fourth-order valence-electron chi connectivity index (χ4n) is 2.70. The number of anilines is 1. The van der Waals surface area contributed by atoms with E-state index in [1.165, 1.54) is 0 Å². The molecule has 0 fully saturated rings. The summed E-state index contributed by atoms with van der Waals surface area (Å²) >= 11 is 12.4. The van der Waals surface area contributed by atoms with Crippen molar-refractivity contribution in [2.45, 2.75) is 6.42 Å². The average molecular weight is 410 g/mol. The molecule has 3 rings (SSSR count). The lowest BCUT2D eigenvalue weighted by molar-refractivity contribution is -0.0897. The molecule has 1 aliphatic rings. The van der Waals surface area contributed by atoms with Crippen molar-refractivity contribution in [3.63, 3.8) is 0 Å². The Labute approximate surface area is 168 Å². The number of halogens is 2. The van der Waals surface area contributed by atoms with Crippen LogP contribution >= 0.6 is 23.2 Å². The topological polar surface area (TPSA) is 55.3 Å². The molecule has 0 saturated heterocycles. The number of ether oxygens (including phenoxy) is 2. The monoisotopic (exact) mass is 409 g/mol. The minimum atomic E-state index is 0.492. The third-order valence-corrected chi connectivity index (χ3v) is 4.72. The first-order valence-corrected chi connectivity index (χ1v) is 9.25. The first kappa shape index (κ1) is 19.6. The van der Waals surface area contributed by atoms with E-state index in [0.29, 0.717) is 52.9 Å². The Morgan fingerprint density at radius 1 is 1.07 bits per heavy atom. The second-order valence-corrected chi connectivity index (χ2v) is 6.62. The maximum Gasteiger partial charge on any atom is 0.223 e. The molecule has 0 unspecified atom stereocenters. The second kappa shape index (κ2) is 9.17. The van der Waals surface area contributed by atoms with Gasteiger partial charge in [0.2, 0.25) is 5.96 Å². The molecule has 1 aliphatic heterocycles. The fraction of sp³-hybridized carbons (Fsp3) is 0.316. The molecule has 27 heavy (non-hydrogen) atoms. The number of hydrogen-bond acceptors (Lipinski definition) is 6. The summed E-state index contributed by atoms with van der Waals surface area (Å²) in [7, 11) is 3.24. The van der Waals surface area contributed by atoms with Crippen molar-refractivity contribution in [3.8, 4) is 11.5 Å². The van der Waals surface area contributed by atoms with Gasteiger partial charge in [0.05, 0.1) is 49.6 Å². The predicted octanol–water partition coefficient (Wildman–Crippen LogP) is 4.27. The summed E-state index contributed by atoms with van der Waals surface area (Å²) in [5.41, 5.74) is 1.71. The lowest BCUT2D eigenvalue weighted by Crippen LogP contribution is -2.34. The Morgan fingerprint density at radius 3 is 2.52 bits per heavy atom. The van der Waals surface area contributed by atoms with Crippen molar-refractivity contribution in [2.24, 2.45) is 4.99 Å². The smallest absolute Gasteiger partial charge is 0.223 e. The van der Waals surface area contributed by atoms with Crippen molar-refractivity contribution < 1.29 is 14.3 Å². The summed E-state index contributed by atoms with van der Waals surface area (Å²) in [6.45, 7) is 1.80. The quantitative estimate of drug-likeness (QED) is 0.739. The molecular weight excluding hydrogens is 389 g/mol. The number of benzene rings is 2. The van der Waals surface area contributed by atoms with E-state index in [2.05, 4.69) is 10.3 Å². The molecule has 0 aromatic heterocycles. The molecule has 0 spiro atoms. The molecule has 8 heteroatoms. The summed E-state index contributed by atoms with van der Waals surface area (Å²) in [5.74, 6) is 2.00. The Hall–Kier alpha value is -2.15. The van der Waals surface area contributed by atoms with E-state index in [1.807, 2.05) is 18.2 Å². The van der Waals surface area contributed by atoms with Gasteiger partial charge in [0.15, 0.2) is 11.5 Å². The highest BCUT2D eigenvalue weighted by atomic mass is 35.5. The lowest BCUT2D eigenvalue weighted by atomic mass is 10.1. The van der Waals surface area contributed by atoms with E-state index >= 15 is 0 Å². The molecule has 0 bridgehead atoms. The summed E-state index contributed by atoms with van der Waals surface area (Å²) in [6, 6.07) is 11.2. The maximum absolute atomic E-state index is 6.21. The second-order valence-electron chi connectivity index (χ2n) is 5.80. The van der Waals surface area contributed by atoms with Crippen molar-refractivity contribution in [3.05, 3.63) is 52.0 Å². The van der Waals surface area contributed by atoms with Crippen molar-refractivity contribution in [2.75, 3.05) is 39.2 Å². The molecular formula is C19H21Cl2N3O3. The van der Waals surface area contributed by atoms with Gasteiger partial charge in [-0.3, -0.25) is 4.84 Å². The first-order chi connectivity index (χ1) is 13.1. The number of guanidine groups is 1. The van der Waals surface area contributed by atoms with E-state index in [4.69, 9.17) is 37.5 Å². The van der Waals surface area contributed by atoms with Crippen LogP contribution in [-0.2, 0) is 11.3 Å². The van der Waals surface area contributed by atoms with E-state index in [-0.39, 0.29) is 0 Å². The standard InChI is InChI=1S/C19H21Cl2N3O3/c1-25-16-7-6-13(12-17(16)26-2)8-11-27-24-10-9-22-19(24)23-18-14(20)4-3-5-15(18)21/h3-7,12H,8-11H2,1-2H3,(H,22,23). The molecule has 1 N–H and O–H groups in total. The lowest BCUT2D eigenvalue weighted by Gasteiger charge is -2.21. The zero-order valence-electron chi connectivity index (χ0n) is 15.2. The van der Waals surface area contributed by atoms with Gasteiger partial charge in [0.1, 0.15) is 0 Å². The molecule has 2 aromatic carbocycles. The van der Waals surface area contributed by atoms with Crippen LogP contribution in [-0.4, -0.2) is 44.9 Å². The van der Waals surface area contributed by atoms with Gasteiger partial charge in [-0.2, -0.15) is 0 Å². The number of para-hydroxylation sites is 1. The Kier molecular flexibility index (Phi) is 6.66. The van der Waals surface area contributed by atoms with Crippen LogP contribution in [0.25, 0.3) is 0 Å². The molecule has 0 radical (unpaired) electrons. The normalized spacial score (nSPS) is 13.5. The zero-order chi connectivity index (χ0) is 19.2. The molecule has 0 aliphatic carbocycles. The summed E-state index contributed by atoms with van der Waals surface area (Å²) in [4.78, 5) is 10.3. The van der Waals surface area contributed by atoms with Gasteiger partial charge in [-0.15, -0.1) is 0 Å². The van der Waals surface area contributed by atoms with E-state index < -0.39 is 0 Å². The van der Waals surface area contributed by atoms with Crippen molar-refractivity contribution in [1.29, 1.82) is 0 Å². The van der Waals surface area contributed by atoms with Gasteiger partial charge < -0.3 is 14.8 Å². The number of hydroxylamine groups is 2. The number of methoxy groups -OCH3 is 2. The highest BCUT2D eigenvalue weighted by Crippen LogP contribution is 2.30. The van der Waals surface area contributed by atoms with Crippen LogP contribution in [0, 0.1) is 0 Å². The van der Waals surface area contributed by atoms with Gasteiger partial charge in [-0.25, -0.2) is 10.1 Å². The van der Waals surface area contributed by atoms with Gasteiger partial charge in [0, 0.05) is 0 Å². The SMILES string of the molecule is COc1ccc(CCON2CCN=C2Nc2c(Cl)cccc2Cl)cc1OC. The van der Waals surface area contributed by atoms with Crippen LogP contribution in [0.15, 0.2) is 41.4 Å². The Balaban J connectivity index is 1.57. The summed E-state index contributed by atoms with van der Waals surface area (Å²) < 4.78 is 10.6. The molecule has 0 amide bonds. The number of rotatable bonds is 7. The molecule has 1 heterocycles. The minimum absolute atomic E-state index is 0.492. The van der Waals surface area contributed by atoms with Gasteiger partial charge in [-0.05, 0) is 36.2 Å². The average Bonchev–Trinajstić information content (AvgIpc) is 3.11. The number of nitrogens with one attached hydrogen (secondary N) is 1. The number of aliphatic imine (C=N–C) groups is 1. The highest BCUT2D eigenvalue weighted by Gasteiger charge is 2.20. The van der Waals surface area contributed by atoms with Crippen molar-refractivity contribution in [1.82, 2.24) is 5.06 Å². The Morgan fingerprint density at radius 2 is 1.81 bits per heavy atom. The summed E-state index contributed by atoms with van der Waals surface area (Å²) in [5, 5.41) is 5.94. The van der Waals surface area contributed by atoms with Crippen molar-refractivity contribution >= 4 is 34.8 Å². The third-order valence-electron chi connectivity index (χ3n) is 4.09. The fourth-order valence-corrected chi connectivity index (χ4v) is 3.19. The maximum atomic E-state index is 6.21. The number of hydrogen-bond donors (Lipinski definition) is 1. The van der Waals surface area contributed by atoms with E-state index in [1.54, 1.807) is 37.5 Å². The third kappa shape index (κ3) is 4.77. The van der Waals surface area contributed by atoms with Crippen LogP contribution in [0.3, 0.4) is 0 Å². The molecule has 2 aromatic rings. The van der Waals surface area contributed by atoms with Crippen LogP contribution in [0.2, 0.25) is 10.0 Å². The molecule has 144 valence electrons. The first-order valence-electron chi connectivity index (χ1n) is 8.49. The molecule has 0 atom stereocenters. The van der Waals surface area contributed by atoms with Crippen LogP contribution in [0.5, 0.6) is 11.5 Å². The van der Waals surface area contributed by atoms with Gasteiger partial charge in [-0.1, -0.05) is 35.3 Å². The molecule has 0 saturated carbocycles. The van der Waals surface area contributed by atoms with Gasteiger partial charge in [0.25, 0.3) is 0 Å². The van der Waals surface area contributed by atoms with Crippen LogP contribution < -0.4 is 14.8 Å². The minimum Gasteiger partial charge on any atom is -0.493 e. The highest BCUT2D eigenvalue weighted by molar-refractivity contribution is 6.39. The largest absolute Gasteiger partial charge is 0.493 e. The van der Waals surface area contributed by atoms with Crippen LogP contribution in [0.1, 0.15) is 5.56 Å². The number of nitrogens with zero attached hydrogens (tertiary/aromatic N) is 2. The van der Waals surface area contributed by atoms with E-state index in [9.17, 15) is 0 Å². The van der Waals surface area contributed by atoms with E-state index in [0.717, 1.165) is 12.0 Å². The summed E-state index contributed by atoms with van der Waals surface area (Å²) in [6.07, 6.45) is 0.719. The zero-order valence-corrected chi connectivity index (χ0v) is 16.7. The molecule has 6 nitrogen and oxygen atoms in total. The Bertz CT molecular complexity index is 810. The predicted molar refractivity (Wildman–Crippen MR) is 108 cm³/mol. The van der Waals surface area contributed by atoms with Crippen LogP contribution in [0.4, 0.5) is 5.69 Å². The van der Waals surface area contributed by atoms with Gasteiger partial charge >= 0.3 is 0 Å².